The number of nitrogens with two attached hydrogens (primary N) is 1. The number of rotatable bonds is 12. The number of ether oxygens (including phenoxy) is 2. The molecule has 2 amide bonds. The Morgan fingerprint density at radius 2 is 1.02 bits per heavy atom. The maximum absolute atomic E-state index is 16.1. The van der Waals surface area contributed by atoms with Gasteiger partial charge in [-0.2, -0.15) is 0 Å². The van der Waals surface area contributed by atoms with Crippen molar-refractivity contribution in [1.82, 2.24) is 9.97 Å². The third kappa shape index (κ3) is 13.3. The highest BCUT2D eigenvalue weighted by Gasteiger charge is 2.74. The van der Waals surface area contributed by atoms with E-state index in [4.69, 9.17) is 61.6 Å². The van der Waals surface area contributed by atoms with Crippen molar-refractivity contribution in [2.75, 3.05) is 23.8 Å². The van der Waals surface area contributed by atoms with Gasteiger partial charge in [0.25, 0.3) is 0 Å². The molecule has 4 saturated carbocycles. The predicted octanol–water partition coefficient (Wildman–Crippen LogP) is 16.2. The second-order valence-corrected chi connectivity index (χ2v) is 31.5. The molecule has 10 atom stereocenters. The number of hydrogen-bond donors (Lipinski definition) is 4. The maximum Gasteiger partial charge on any atom is 0.307 e. The summed E-state index contributed by atoms with van der Waals surface area (Å²) in [6.45, 7) is 17.9. The van der Waals surface area contributed by atoms with Gasteiger partial charge in [-0.3, -0.25) is 28.8 Å². The molecule has 4 spiro atoms. The fraction of sp³-hybridized carbons (Fsp3) is 0.606. The number of carboxylic acid groups (broad SMARTS) is 1. The summed E-state index contributed by atoms with van der Waals surface area (Å²) in [7, 11) is 0. The lowest BCUT2D eigenvalue weighted by atomic mass is 9.51. The third-order valence-corrected chi connectivity index (χ3v) is 23.0. The molecule has 8 aliphatic rings. The number of carbonyl (C=O) groups is 6. The number of halogens is 7. The van der Waals surface area contributed by atoms with Crippen LogP contribution in [0.4, 0.5) is 20.2 Å². The zero-order chi connectivity index (χ0) is 65.9. The second kappa shape index (κ2) is 27.8. The zero-order valence-electron chi connectivity index (χ0n) is 53.8. The molecular formula is C71H88Cl5F2N5O9. The number of anilines is 2. The highest BCUT2D eigenvalue weighted by Crippen LogP contribution is 2.74. The number of benzene rings is 2. The van der Waals surface area contributed by atoms with Gasteiger partial charge < -0.3 is 30.9 Å². The van der Waals surface area contributed by atoms with Crippen molar-refractivity contribution in [3.8, 4) is 0 Å². The van der Waals surface area contributed by atoms with E-state index in [0.29, 0.717) is 91.1 Å². The first-order valence-corrected chi connectivity index (χ1v) is 34.0. The van der Waals surface area contributed by atoms with Crippen LogP contribution in [0.25, 0.3) is 0 Å². The molecule has 0 bridgehead atoms. The second-order valence-electron chi connectivity index (χ2n) is 29.9. The number of carboxylic acids is 1. The number of hydrogen-bond acceptors (Lipinski definition) is 11. The van der Waals surface area contributed by atoms with Gasteiger partial charge in [0.1, 0.15) is 18.0 Å². The van der Waals surface area contributed by atoms with E-state index in [2.05, 4.69) is 48.3 Å². The summed E-state index contributed by atoms with van der Waals surface area (Å²) in [5.74, 6) is -5.27. The molecule has 5 N–H and O–H groups in total. The number of nitrogens with one attached hydrogen (secondary N) is 2. The molecule has 92 heavy (non-hydrogen) atoms. The number of amides is 2. The Kier molecular flexibility index (Phi) is 21.7. The number of fused-ring (bicyclic) bond motifs is 6. The lowest BCUT2D eigenvalue weighted by molar-refractivity contribution is -0.142. The zero-order valence-corrected chi connectivity index (χ0v) is 57.7. The molecular weight excluding hydrogens is 1280 g/mol. The SMILES string of the molecule is CC(C)CC(=O)[C@@H]1CC[C@@H](CC(=O)[C@@H]2CC3(CCC(C)(C)CC3)[C@@]3(C(=O)Nc4cc(Cl)ccc43)[C@H]2c2ccnc(Cl)c2F)CO1.CC(C)CC(=O)[C@@H]1CC[C@@H](N)CO1.CC1(C)CCC2(CC1)C[C@@H](C(=O)O)[C@H](c1ccnc(Cl)c1F)[C@]21C(=O)Nc2cc(Cl)ccc21.Cl. The summed E-state index contributed by atoms with van der Waals surface area (Å²) in [5.41, 5.74) is 5.23. The quantitative estimate of drug-likeness (QED) is 0.0974. The molecule has 2 saturated heterocycles. The van der Waals surface area contributed by atoms with Gasteiger partial charge in [0.2, 0.25) is 11.8 Å². The van der Waals surface area contributed by atoms with E-state index < -0.39 is 69.0 Å². The normalized spacial score (nSPS) is 29.4. The van der Waals surface area contributed by atoms with Crippen molar-refractivity contribution in [1.29, 1.82) is 0 Å². The minimum atomic E-state index is -1.25. The Morgan fingerprint density at radius 3 is 1.41 bits per heavy atom. The van der Waals surface area contributed by atoms with Crippen LogP contribution in [0.2, 0.25) is 20.4 Å². The highest BCUT2D eigenvalue weighted by atomic mass is 35.5. The highest BCUT2D eigenvalue weighted by molar-refractivity contribution is 6.32. The number of pyridine rings is 2. The molecule has 4 aliphatic carbocycles. The van der Waals surface area contributed by atoms with Crippen LogP contribution in [0.5, 0.6) is 0 Å². The summed E-state index contributed by atoms with van der Waals surface area (Å²) < 4.78 is 42.9. The van der Waals surface area contributed by atoms with Crippen molar-refractivity contribution in [2.45, 2.75) is 205 Å². The maximum atomic E-state index is 16.1. The van der Waals surface area contributed by atoms with Crippen molar-refractivity contribution in [3.63, 3.8) is 0 Å². The van der Waals surface area contributed by atoms with Crippen molar-refractivity contribution >= 4 is 105 Å². The molecule has 2 aromatic heterocycles. The standard InChI is InChI=1S/C36H43Cl2FN2O4.C25H25Cl2FN2O3.C10H19NO2.ClH/c1-20(2)15-28(43)29-8-5-21(19-45-29)16-27(42)24-18-35(12-10-34(3,4)11-13-35)36(30(24)23-9-14-40-32(38)31(23)39)25-7-6-22(37)17-26(25)41-33(36)44;1-23(2)6-8-24(9-7-23)12-15(21(31)32)18(14-5-10-29-20(27)19(14)28)25(24)16-4-3-13(26)11-17(16)30-22(25)33;1-7(2)5-9(12)10-4-3-8(11)6-13-10;/h6-7,9,14,17,20-21,24,29-30H,5,8,10-13,15-16,18-19H2,1-4H3,(H,41,44);3-5,10-11,15,18H,6-9,12H2,1-2H3,(H,30,33)(H,31,32);7-8,10H,3-6,11H2,1-2H3;1H/t21-,24-,29-,30-,36+;15-,18+,25-;8-,10+;/m011./s1. The summed E-state index contributed by atoms with van der Waals surface area (Å²) in [5, 5.41) is 16.8. The minimum Gasteiger partial charge on any atom is -0.481 e. The fourth-order valence-electron chi connectivity index (χ4n) is 17.5. The van der Waals surface area contributed by atoms with E-state index >= 15 is 8.78 Å². The van der Waals surface area contributed by atoms with Crippen LogP contribution in [0.3, 0.4) is 0 Å². The van der Waals surface area contributed by atoms with Gasteiger partial charge in [-0.25, -0.2) is 18.7 Å². The topological polar surface area (TPSA) is 217 Å². The lowest BCUT2D eigenvalue weighted by Crippen LogP contribution is -2.52. The van der Waals surface area contributed by atoms with E-state index in [1.807, 2.05) is 33.8 Å². The van der Waals surface area contributed by atoms with E-state index in [9.17, 15) is 33.9 Å². The molecule has 21 heteroatoms. The summed E-state index contributed by atoms with van der Waals surface area (Å²) in [6.07, 6.45) is 13.7. The molecule has 6 fully saturated rings. The molecule has 4 aliphatic heterocycles. The van der Waals surface area contributed by atoms with E-state index in [0.717, 1.165) is 56.9 Å². The molecule has 0 radical (unpaired) electrons. The largest absolute Gasteiger partial charge is 0.481 e. The van der Waals surface area contributed by atoms with E-state index in [1.54, 1.807) is 36.4 Å². The number of ketones is 3. The van der Waals surface area contributed by atoms with Gasteiger partial charge in [0, 0.05) is 76.9 Å². The van der Waals surface area contributed by atoms with Crippen LogP contribution < -0.4 is 16.4 Å². The van der Waals surface area contributed by atoms with Gasteiger partial charge >= 0.3 is 5.97 Å². The Labute approximate surface area is 565 Å². The van der Waals surface area contributed by atoms with Crippen molar-refractivity contribution in [2.24, 2.45) is 57.0 Å². The number of aliphatic carboxylic acids is 1. The van der Waals surface area contributed by atoms with Gasteiger partial charge in [-0.1, -0.05) is 114 Å². The van der Waals surface area contributed by atoms with Crippen LogP contribution in [-0.4, -0.2) is 81.7 Å². The first-order valence-electron chi connectivity index (χ1n) is 32.5. The van der Waals surface area contributed by atoms with Gasteiger partial charge in [0.15, 0.2) is 33.5 Å². The van der Waals surface area contributed by atoms with Gasteiger partial charge in [-0.15, -0.1) is 12.4 Å². The van der Waals surface area contributed by atoms with Crippen LogP contribution in [0, 0.1) is 62.9 Å². The van der Waals surface area contributed by atoms with Gasteiger partial charge in [-0.05, 0) is 188 Å². The van der Waals surface area contributed by atoms with Crippen LogP contribution in [-0.2, 0) is 49.1 Å². The van der Waals surface area contributed by atoms with E-state index in [-0.39, 0.29) is 111 Å². The third-order valence-electron chi connectivity index (χ3n) is 22.0. The average molecular weight is 1370 g/mol. The monoisotopic (exact) mass is 1370 g/mol. The first-order chi connectivity index (χ1) is 42.9. The summed E-state index contributed by atoms with van der Waals surface area (Å²) in [6, 6.07) is 13.8. The number of carbonyl (C=O) groups excluding carboxylic acids is 5. The van der Waals surface area contributed by atoms with Crippen molar-refractivity contribution in [3.05, 3.63) is 115 Å². The predicted molar refractivity (Wildman–Crippen MR) is 356 cm³/mol. The molecule has 6 heterocycles. The van der Waals surface area contributed by atoms with Crippen LogP contribution in [0.1, 0.15) is 199 Å². The van der Waals surface area contributed by atoms with Crippen LogP contribution in [0.15, 0.2) is 60.9 Å². The Bertz CT molecular complexity index is 3460. The smallest absolute Gasteiger partial charge is 0.307 e. The number of nitrogens with zero attached hydrogens (tertiary/aromatic N) is 2. The average Bonchev–Trinajstić information content (AvgIpc) is 1.51. The molecule has 2 aromatic carbocycles. The number of Topliss-reactive ketones (excluding diaryl/α,β-unsaturated/α-hetero) is 3. The number of aromatic nitrogens is 2. The molecule has 12 rings (SSSR count). The Morgan fingerprint density at radius 1 is 0.609 bits per heavy atom. The Hall–Kier alpha value is -4.65. The minimum absolute atomic E-state index is 0. The summed E-state index contributed by atoms with van der Waals surface area (Å²) >= 11 is 24.9. The Balaban J connectivity index is 0.000000186. The molecule has 14 nitrogen and oxygen atoms in total. The molecule has 500 valence electrons. The van der Waals surface area contributed by atoms with Crippen molar-refractivity contribution < 1.29 is 52.1 Å². The fourth-order valence-corrected chi connectivity index (χ4v) is 18.2. The van der Waals surface area contributed by atoms with Gasteiger partial charge in [0.05, 0.1) is 30.0 Å². The lowest BCUT2D eigenvalue weighted by Gasteiger charge is -2.51. The van der Waals surface area contributed by atoms with E-state index in [1.165, 1.54) is 18.5 Å². The summed E-state index contributed by atoms with van der Waals surface area (Å²) in [4.78, 5) is 87.8. The van der Waals surface area contributed by atoms with Crippen LogP contribution >= 0.6 is 58.8 Å². The molecule has 4 aromatic rings. The first kappa shape index (κ1) is 71.6. The molecule has 0 unspecified atom stereocenters.